The fourth-order valence-corrected chi connectivity index (χ4v) is 2.01. The van der Waals surface area contributed by atoms with Crippen LogP contribution < -0.4 is 4.74 Å². The minimum atomic E-state index is -1.29. The van der Waals surface area contributed by atoms with E-state index in [9.17, 15) is 9.18 Å². The highest BCUT2D eigenvalue weighted by Gasteiger charge is 2.16. The van der Waals surface area contributed by atoms with Crippen molar-refractivity contribution in [2.45, 2.75) is 0 Å². The number of aromatic amines is 1. The maximum atomic E-state index is 14.0. The molecule has 0 unspecified atom stereocenters. The highest BCUT2D eigenvalue weighted by Crippen LogP contribution is 2.23. The summed E-state index contributed by atoms with van der Waals surface area (Å²) in [7, 11) is 0. The van der Waals surface area contributed by atoms with Crippen LogP contribution in [0, 0.1) is 29.0 Å². The second kappa shape index (κ2) is 7.16. The monoisotopic (exact) mass is 348 g/mol. The van der Waals surface area contributed by atoms with Gasteiger partial charge in [-0.1, -0.05) is 28.2 Å². The van der Waals surface area contributed by atoms with Crippen LogP contribution in [0.5, 0.6) is 11.6 Å². The third-order valence-electron chi connectivity index (χ3n) is 3.22. The zero-order valence-electron chi connectivity index (χ0n) is 13.0. The van der Waals surface area contributed by atoms with Crippen molar-refractivity contribution in [3.8, 4) is 29.5 Å². The van der Waals surface area contributed by atoms with E-state index in [1.807, 2.05) is 6.07 Å². The van der Waals surface area contributed by atoms with Gasteiger partial charge in [0.05, 0.1) is 17.2 Å². The van der Waals surface area contributed by atoms with E-state index in [0.717, 1.165) is 6.07 Å². The van der Waals surface area contributed by atoms with Crippen molar-refractivity contribution in [1.82, 2.24) is 15.4 Å². The number of hydrogen-bond donors (Lipinski definition) is 2. The molecule has 0 aliphatic heterocycles. The standard InChI is InChI=1S/C18H9FN4O3/c19-15-7-6-14(26-17-16(18(24)25)21-23-22-17)9-13(15)5-4-11-2-1-3-12(8-11)10-20/h1-3,6-9H,(H,24,25)(H,21,22,23). The molecule has 1 heterocycles. The number of aromatic carboxylic acids is 1. The largest absolute Gasteiger partial charge is 0.476 e. The number of nitrogens with one attached hydrogen (secondary N) is 1. The smallest absolute Gasteiger partial charge is 0.359 e. The number of nitriles is 1. The normalized spacial score (nSPS) is 9.69. The number of benzene rings is 2. The number of nitrogens with zero attached hydrogens (tertiary/aromatic N) is 3. The van der Waals surface area contributed by atoms with E-state index in [1.165, 1.54) is 12.1 Å². The van der Waals surface area contributed by atoms with Gasteiger partial charge in [-0.3, -0.25) is 0 Å². The third kappa shape index (κ3) is 3.66. The van der Waals surface area contributed by atoms with Crippen LogP contribution in [0.1, 0.15) is 27.2 Å². The summed E-state index contributed by atoms with van der Waals surface area (Å²) < 4.78 is 19.3. The SMILES string of the molecule is N#Cc1cccc(C#Cc2cc(Oc3nn[nH]c3C(=O)O)ccc2F)c1. The van der Waals surface area contributed by atoms with Crippen LogP contribution in [-0.4, -0.2) is 26.5 Å². The lowest BCUT2D eigenvalue weighted by Gasteiger charge is -2.04. The Hall–Kier alpha value is -4.17. The summed E-state index contributed by atoms with van der Waals surface area (Å²) in [6, 6.07) is 12.4. The Morgan fingerprint density at radius 2 is 2.00 bits per heavy atom. The lowest BCUT2D eigenvalue weighted by Crippen LogP contribution is -2.00. The highest BCUT2D eigenvalue weighted by molar-refractivity contribution is 5.87. The number of H-pyrrole nitrogens is 1. The molecule has 0 amide bonds. The summed E-state index contributed by atoms with van der Waals surface area (Å²) >= 11 is 0. The van der Waals surface area contributed by atoms with Crippen LogP contribution in [0.25, 0.3) is 0 Å². The van der Waals surface area contributed by atoms with Gasteiger partial charge >= 0.3 is 5.97 Å². The maximum Gasteiger partial charge on any atom is 0.359 e. The van der Waals surface area contributed by atoms with Crippen LogP contribution in [0.3, 0.4) is 0 Å². The van der Waals surface area contributed by atoms with E-state index in [1.54, 1.807) is 24.3 Å². The molecule has 126 valence electrons. The van der Waals surface area contributed by atoms with Crippen molar-refractivity contribution in [2.75, 3.05) is 0 Å². The van der Waals surface area contributed by atoms with Gasteiger partial charge in [-0.2, -0.15) is 5.26 Å². The quantitative estimate of drug-likeness (QED) is 0.704. The second-order valence-corrected chi connectivity index (χ2v) is 4.98. The van der Waals surface area contributed by atoms with Crippen LogP contribution in [0.15, 0.2) is 42.5 Å². The number of aromatic nitrogens is 3. The molecule has 0 fully saturated rings. The first kappa shape index (κ1) is 16.7. The molecule has 0 spiro atoms. The fourth-order valence-electron chi connectivity index (χ4n) is 2.01. The summed E-state index contributed by atoms with van der Waals surface area (Å²) in [5, 5.41) is 27.0. The van der Waals surface area contributed by atoms with Crippen LogP contribution in [-0.2, 0) is 0 Å². The highest BCUT2D eigenvalue weighted by atomic mass is 19.1. The molecule has 0 saturated heterocycles. The Morgan fingerprint density at radius 1 is 1.19 bits per heavy atom. The molecular formula is C18H9FN4O3. The molecular weight excluding hydrogens is 339 g/mol. The van der Waals surface area contributed by atoms with Crippen molar-refractivity contribution >= 4 is 5.97 Å². The number of ether oxygens (including phenoxy) is 1. The van der Waals surface area contributed by atoms with E-state index in [0.29, 0.717) is 11.1 Å². The van der Waals surface area contributed by atoms with Gasteiger partial charge in [-0.05, 0) is 36.4 Å². The van der Waals surface area contributed by atoms with Crippen molar-refractivity contribution in [3.05, 3.63) is 70.7 Å². The Morgan fingerprint density at radius 3 is 2.77 bits per heavy atom. The van der Waals surface area contributed by atoms with E-state index in [4.69, 9.17) is 15.1 Å². The van der Waals surface area contributed by atoms with Gasteiger partial charge < -0.3 is 9.84 Å². The average molecular weight is 348 g/mol. The number of carboxylic acid groups (broad SMARTS) is 1. The number of halogens is 1. The topological polar surface area (TPSA) is 112 Å². The molecule has 0 aliphatic rings. The Bertz CT molecular complexity index is 1090. The van der Waals surface area contributed by atoms with Gasteiger partial charge in [0, 0.05) is 5.56 Å². The van der Waals surface area contributed by atoms with Gasteiger partial charge in [-0.25, -0.2) is 14.3 Å². The van der Waals surface area contributed by atoms with Gasteiger partial charge in [0.1, 0.15) is 11.6 Å². The first-order chi connectivity index (χ1) is 12.6. The van der Waals surface area contributed by atoms with Crippen molar-refractivity contribution in [2.24, 2.45) is 0 Å². The number of rotatable bonds is 3. The van der Waals surface area contributed by atoms with Gasteiger partial charge in [0.2, 0.25) is 5.69 Å². The number of hydrogen-bond acceptors (Lipinski definition) is 5. The molecule has 1 aromatic heterocycles. The molecule has 26 heavy (non-hydrogen) atoms. The molecule has 0 bridgehead atoms. The Balaban J connectivity index is 1.89. The molecule has 7 nitrogen and oxygen atoms in total. The van der Waals surface area contributed by atoms with Crippen LogP contribution >= 0.6 is 0 Å². The van der Waals surface area contributed by atoms with Crippen LogP contribution in [0.4, 0.5) is 4.39 Å². The Labute approximate surface area is 146 Å². The predicted molar refractivity (Wildman–Crippen MR) is 87.0 cm³/mol. The molecule has 0 atom stereocenters. The van der Waals surface area contributed by atoms with Crippen molar-refractivity contribution in [3.63, 3.8) is 0 Å². The summed E-state index contributed by atoms with van der Waals surface area (Å²) in [6.45, 7) is 0. The number of carboxylic acids is 1. The summed E-state index contributed by atoms with van der Waals surface area (Å²) in [6.07, 6.45) is 0. The molecule has 2 aromatic carbocycles. The summed E-state index contributed by atoms with van der Waals surface area (Å²) in [4.78, 5) is 11.0. The lowest BCUT2D eigenvalue weighted by atomic mass is 10.1. The summed E-state index contributed by atoms with van der Waals surface area (Å²) in [5.74, 6) is 3.48. The Kier molecular flexibility index (Phi) is 4.59. The molecule has 2 N–H and O–H groups in total. The zero-order chi connectivity index (χ0) is 18.5. The van der Waals surface area contributed by atoms with E-state index in [2.05, 4.69) is 27.3 Å². The second-order valence-electron chi connectivity index (χ2n) is 4.98. The molecule has 0 saturated carbocycles. The van der Waals surface area contributed by atoms with Gasteiger partial charge in [-0.15, -0.1) is 0 Å². The maximum absolute atomic E-state index is 14.0. The molecule has 3 rings (SSSR count). The van der Waals surface area contributed by atoms with Gasteiger partial charge in [0.15, 0.2) is 0 Å². The molecule has 0 aliphatic carbocycles. The van der Waals surface area contributed by atoms with E-state index in [-0.39, 0.29) is 22.9 Å². The fraction of sp³-hybridized carbons (Fsp3) is 0. The first-order valence-electron chi connectivity index (χ1n) is 7.21. The van der Waals surface area contributed by atoms with Crippen molar-refractivity contribution < 1.29 is 19.0 Å². The van der Waals surface area contributed by atoms with Crippen molar-refractivity contribution in [1.29, 1.82) is 5.26 Å². The average Bonchev–Trinajstić information content (AvgIpc) is 3.10. The zero-order valence-corrected chi connectivity index (χ0v) is 13.0. The van der Waals surface area contributed by atoms with Crippen LogP contribution in [0.2, 0.25) is 0 Å². The molecule has 8 heteroatoms. The third-order valence-corrected chi connectivity index (χ3v) is 3.22. The molecule has 0 radical (unpaired) electrons. The minimum Gasteiger partial charge on any atom is -0.476 e. The minimum absolute atomic E-state index is 0.0465. The van der Waals surface area contributed by atoms with Gasteiger partial charge in [0.25, 0.3) is 5.88 Å². The lowest BCUT2D eigenvalue weighted by molar-refractivity contribution is 0.0687. The van der Waals surface area contributed by atoms with E-state index >= 15 is 0 Å². The first-order valence-corrected chi connectivity index (χ1v) is 7.21. The number of carbonyl (C=O) groups is 1. The summed E-state index contributed by atoms with van der Waals surface area (Å²) in [5.41, 5.74) is 0.724. The van der Waals surface area contributed by atoms with E-state index < -0.39 is 11.8 Å². The predicted octanol–water partition coefficient (Wildman–Crippen LogP) is 2.71. The molecule has 3 aromatic rings.